The summed E-state index contributed by atoms with van der Waals surface area (Å²) in [4.78, 5) is 0. The SMILES string of the molecule is C=C(O[Si](C)(C)C)C(=CC)CC. The average molecular weight is 184 g/mol. The monoisotopic (exact) mass is 184 g/mol. The van der Waals surface area contributed by atoms with Crippen molar-refractivity contribution in [3.05, 3.63) is 24.0 Å². The van der Waals surface area contributed by atoms with Crippen molar-refractivity contribution in [2.45, 2.75) is 39.9 Å². The molecule has 0 N–H and O–H groups in total. The van der Waals surface area contributed by atoms with Gasteiger partial charge in [-0.3, -0.25) is 0 Å². The maximum Gasteiger partial charge on any atom is 0.242 e. The highest BCUT2D eigenvalue weighted by Crippen LogP contribution is 2.18. The summed E-state index contributed by atoms with van der Waals surface area (Å²) >= 11 is 0. The van der Waals surface area contributed by atoms with E-state index >= 15 is 0 Å². The molecule has 2 heteroatoms. The van der Waals surface area contributed by atoms with E-state index in [9.17, 15) is 0 Å². The molecule has 0 atom stereocenters. The van der Waals surface area contributed by atoms with Gasteiger partial charge in [0.15, 0.2) is 0 Å². The van der Waals surface area contributed by atoms with Crippen molar-refractivity contribution in [1.82, 2.24) is 0 Å². The van der Waals surface area contributed by atoms with Crippen molar-refractivity contribution in [2.75, 3.05) is 0 Å². The minimum atomic E-state index is -1.46. The lowest BCUT2D eigenvalue weighted by molar-refractivity contribution is 0.432. The molecule has 0 aromatic rings. The molecule has 0 spiro atoms. The third-order valence-electron chi connectivity index (χ3n) is 1.52. The predicted octanol–water partition coefficient (Wildman–Crippen LogP) is 3.71. The van der Waals surface area contributed by atoms with Crippen LogP contribution in [-0.2, 0) is 4.43 Å². The van der Waals surface area contributed by atoms with Crippen LogP contribution >= 0.6 is 0 Å². The highest BCUT2D eigenvalue weighted by atomic mass is 28.4. The predicted molar refractivity (Wildman–Crippen MR) is 57.6 cm³/mol. The fourth-order valence-corrected chi connectivity index (χ4v) is 1.87. The second-order valence-corrected chi connectivity index (χ2v) is 8.23. The first kappa shape index (κ1) is 11.5. The average Bonchev–Trinajstić information content (AvgIpc) is 1.85. The summed E-state index contributed by atoms with van der Waals surface area (Å²) in [6, 6.07) is 0. The zero-order valence-corrected chi connectivity index (χ0v) is 9.90. The van der Waals surface area contributed by atoms with Gasteiger partial charge in [0.25, 0.3) is 0 Å². The number of hydrogen-bond donors (Lipinski definition) is 0. The first-order chi connectivity index (χ1) is 5.40. The largest absolute Gasteiger partial charge is 0.545 e. The van der Waals surface area contributed by atoms with Gasteiger partial charge in [0.05, 0.1) is 5.76 Å². The molecule has 0 radical (unpaired) electrons. The van der Waals surface area contributed by atoms with Crippen LogP contribution in [0, 0.1) is 0 Å². The van der Waals surface area contributed by atoms with Gasteiger partial charge in [-0.05, 0) is 38.6 Å². The van der Waals surface area contributed by atoms with Crippen molar-refractivity contribution in [2.24, 2.45) is 0 Å². The molecule has 0 aliphatic heterocycles. The standard InChI is InChI=1S/C10H20OSi/c1-7-10(8-2)9(3)11-12(4,5)6/h7H,3,8H2,1-2,4-6H3. The minimum Gasteiger partial charge on any atom is -0.545 e. The maximum atomic E-state index is 5.76. The van der Waals surface area contributed by atoms with Crippen LogP contribution in [0.15, 0.2) is 24.0 Å². The van der Waals surface area contributed by atoms with Gasteiger partial charge in [-0.1, -0.05) is 19.6 Å². The molecule has 0 unspecified atom stereocenters. The molecule has 0 bridgehead atoms. The second-order valence-electron chi connectivity index (χ2n) is 3.81. The first-order valence-corrected chi connectivity index (χ1v) is 7.85. The van der Waals surface area contributed by atoms with Crippen LogP contribution < -0.4 is 0 Å². The quantitative estimate of drug-likeness (QED) is 0.368. The highest BCUT2D eigenvalue weighted by Gasteiger charge is 2.17. The Morgan fingerprint density at radius 1 is 1.42 bits per heavy atom. The van der Waals surface area contributed by atoms with E-state index in [1.807, 2.05) is 6.92 Å². The fraction of sp³-hybridized carbons (Fsp3) is 0.600. The van der Waals surface area contributed by atoms with Crippen LogP contribution in [0.25, 0.3) is 0 Å². The van der Waals surface area contributed by atoms with Gasteiger partial charge in [0.2, 0.25) is 8.32 Å². The summed E-state index contributed by atoms with van der Waals surface area (Å²) in [5, 5.41) is 0. The number of hydrogen-bond acceptors (Lipinski definition) is 1. The van der Waals surface area contributed by atoms with Crippen LogP contribution in [0.1, 0.15) is 20.3 Å². The zero-order valence-electron chi connectivity index (χ0n) is 8.90. The van der Waals surface area contributed by atoms with E-state index in [4.69, 9.17) is 4.43 Å². The molecule has 0 aromatic carbocycles. The summed E-state index contributed by atoms with van der Waals surface area (Å²) in [6.45, 7) is 14.6. The summed E-state index contributed by atoms with van der Waals surface area (Å²) in [5.74, 6) is 0.860. The molecular formula is C10H20OSi. The van der Waals surface area contributed by atoms with Crippen molar-refractivity contribution in [3.8, 4) is 0 Å². The van der Waals surface area contributed by atoms with Crippen LogP contribution in [0.5, 0.6) is 0 Å². The lowest BCUT2D eigenvalue weighted by atomic mass is 10.2. The first-order valence-electron chi connectivity index (χ1n) is 4.44. The summed E-state index contributed by atoms with van der Waals surface area (Å²) in [6.07, 6.45) is 3.07. The summed E-state index contributed by atoms with van der Waals surface area (Å²) in [7, 11) is -1.46. The summed E-state index contributed by atoms with van der Waals surface area (Å²) in [5.41, 5.74) is 1.22. The van der Waals surface area contributed by atoms with Gasteiger partial charge in [-0.15, -0.1) is 0 Å². The Hall–Kier alpha value is -0.503. The summed E-state index contributed by atoms with van der Waals surface area (Å²) < 4.78 is 5.76. The van der Waals surface area contributed by atoms with E-state index in [0.29, 0.717) is 0 Å². The Bertz CT molecular complexity index is 187. The molecule has 0 aromatic heterocycles. The van der Waals surface area contributed by atoms with E-state index in [0.717, 1.165) is 12.2 Å². The smallest absolute Gasteiger partial charge is 0.242 e. The Labute approximate surface area is 77.3 Å². The van der Waals surface area contributed by atoms with E-state index < -0.39 is 8.32 Å². The molecule has 0 saturated heterocycles. The van der Waals surface area contributed by atoms with Crippen molar-refractivity contribution in [1.29, 1.82) is 0 Å². The molecule has 0 aliphatic rings. The molecular weight excluding hydrogens is 164 g/mol. The van der Waals surface area contributed by atoms with E-state index in [-0.39, 0.29) is 0 Å². The van der Waals surface area contributed by atoms with Crippen LogP contribution in [-0.4, -0.2) is 8.32 Å². The maximum absolute atomic E-state index is 5.76. The van der Waals surface area contributed by atoms with Crippen molar-refractivity contribution in [3.63, 3.8) is 0 Å². The molecule has 1 nitrogen and oxygen atoms in total. The Morgan fingerprint density at radius 2 is 1.92 bits per heavy atom. The van der Waals surface area contributed by atoms with Gasteiger partial charge < -0.3 is 4.43 Å². The molecule has 12 heavy (non-hydrogen) atoms. The molecule has 0 aliphatic carbocycles. The Kier molecular flexibility index (Phi) is 4.32. The third kappa shape index (κ3) is 4.39. The van der Waals surface area contributed by atoms with Gasteiger partial charge >= 0.3 is 0 Å². The van der Waals surface area contributed by atoms with E-state index in [1.54, 1.807) is 0 Å². The van der Waals surface area contributed by atoms with Crippen molar-refractivity contribution >= 4 is 8.32 Å². The lowest BCUT2D eigenvalue weighted by Gasteiger charge is -2.22. The van der Waals surface area contributed by atoms with Gasteiger partial charge in [0, 0.05) is 0 Å². The Balaban J connectivity index is 4.23. The number of rotatable bonds is 4. The number of allylic oxidation sites excluding steroid dienone is 2. The Morgan fingerprint density at radius 3 is 2.17 bits per heavy atom. The molecule has 0 fully saturated rings. The van der Waals surface area contributed by atoms with Crippen LogP contribution in [0.4, 0.5) is 0 Å². The topological polar surface area (TPSA) is 9.23 Å². The molecule has 0 rings (SSSR count). The molecule has 0 saturated carbocycles. The van der Waals surface area contributed by atoms with E-state index in [2.05, 4.69) is 39.2 Å². The van der Waals surface area contributed by atoms with Gasteiger partial charge in [-0.25, -0.2) is 0 Å². The minimum absolute atomic E-state index is 0.860. The third-order valence-corrected chi connectivity index (χ3v) is 2.38. The normalized spacial score (nSPS) is 12.9. The van der Waals surface area contributed by atoms with Crippen LogP contribution in [0.3, 0.4) is 0 Å². The lowest BCUT2D eigenvalue weighted by Crippen LogP contribution is -2.24. The van der Waals surface area contributed by atoms with Gasteiger partial charge in [-0.2, -0.15) is 0 Å². The van der Waals surface area contributed by atoms with Gasteiger partial charge in [0.1, 0.15) is 0 Å². The fourth-order valence-electron chi connectivity index (χ4n) is 0.997. The second kappa shape index (κ2) is 4.50. The molecule has 70 valence electrons. The molecule has 0 heterocycles. The van der Waals surface area contributed by atoms with E-state index in [1.165, 1.54) is 5.57 Å². The highest BCUT2D eigenvalue weighted by molar-refractivity contribution is 6.70. The van der Waals surface area contributed by atoms with Crippen molar-refractivity contribution < 1.29 is 4.43 Å². The molecule has 0 amide bonds. The van der Waals surface area contributed by atoms with Crippen LogP contribution in [0.2, 0.25) is 19.6 Å². The zero-order chi connectivity index (χ0) is 9.78.